The molecule has 0 unspecified atom stereocenters. The van der Waals surface area contributed by atoms with Crippen LogP contribution >= 0.6 is 0 Å². The van der Waals surface area contributed by atoms with Gasteiger partial charge in [-0.25, -0.2) is 4.68 Å². The largest absolute Gasteiger partial charge is 0.494 e. The fourth-order valence-electron chi connectivity index (χ4n) is 3.07. The Bertz CT molecular complexity index is 1120. The number of nitrogens with one attached hydrogen (secondary N) is 2. The summed E-state index contributed by atoms with van der Waals surface area (Å²) in [4.78, 5) is 25.0. The van der Waals surface area contributed by atoms with Crippen LogP contribution in [0.2, 0.25) is 0 Å². The highest BCUT2D eigenvalue weighted by Gasteiger charge is 2.39. The van der Waals surface area contributed by atoms with Crippen LogP contribution < -0.4 is 15.4 Å². The van der Waals surface area contributed by atoms with Gasteiger partial charge in [-0.05, 0) is 43.3 Å². The molecule has 3 N–H and O–H groups in total. The van der Waals surface area contributed by atoms with Crippen molar-refractivity contribution in [2.45, 2.75) is 19.1 Å². The summed E-state index contributed by atoms with van der Waals surface area (Å²) in [7, 11) is 0. The number of halogens is 3. The molecule has 0 radical (unpaired) electrons. The van der Waals surface area contributed by atoms with Crippen LogP contribution in [0.5, 0.6) is 5.75 Å². The van der Waals surface area contributed by atoms with E-state index < -0.39 is 41.9 Å². The smallest absolute Gasteiger partial charge is 0.435 e. The lowest BCUT2D eigenvalue weighted by atomic mass is 10.2. The Morgan fingerprint density at radius 1 is 1.09 bits per heavy atom. The Morgan fingerprint density at radius 3 is 2.35 bits per heavy atom. The van der Waals surface area contributed by atoms with Crippen molar-refractivity contribution >= 4 is 11.8 Å². The van der Waals surface area contributed by atoms with Crippen molar-refractivity contribution in [3.05, 3.63) is 77.6 Å². The van der Waals surface area contributed by atoms with Crippen molar-refractivity contribution in [1.29, 1.82) is 0 Å². The summed E-state index contributed by atoms with van der Waals surface area (Å²) < 4.78 is 46.7. The first kappa shape index (κ1) is 24.8. The Balaban J connectivity index is 1.68. The molecule has 3 rings (SSSR count). The lowest BCUT2D eigenvalue weighted by molar-refractivity contribution is -0.141. The Morgan fingerprint density at radius 2 is 1.76 bits per heavy atom. The zero-order valence-electron chi connectivity index (χ0n) is 18.2. The molecule has 0 aliphatic rings. The van der Waals surface area contributed by atoms with Crippen molar-refractivity contribution in [3.63, 3.8) is 0 Å². The number of ether oxygens (including phenoxy) is 1. The molecule has 0 saturated carbocycles. The van der Waals surface area contributed by atoms with Crippen molar-refractivity contribution in [2.24, 2.45) is 0 Å². The van der Waals surface area contributed by atoms with Crippen molar-refractivity contribution < 1.29 is 32.6 Å². The summed E-state index contributed by atoms with van der Waals surface area (Å²) in [5, 5.41) is 18.0. The van der Waals surface area contributed by atoms with Crippen LogP contribution in [0.25, 0.3) is 5.69 Å². The van der Waals surface area contributed by atoms with Gasteiger partial charge >= 0.3 is 6.18 Å². The highest BCUT2D eigenvalue weighted by molar-refractivity contribution is 5.96. The summed E-state index contributed by atoms with van der Waals surface area (Å²) >= 11 is 0. The number of hydrogen-bond acceptors (Lipinski definition) is 5. The van der Waals surface area contributed by atoms with E-state index in [0.717, 1.165) is 10.9 Å². The number of aliphatic hydroxyl groups is 1. The van der Waals surface area contributed by atoms with E-state index in [1.165, 1.54) is 12.1 Å². The van der Waals surface area contributed by atoms with Crippen LogP contribution in [0.4, 0.5) is 13.2 Å². The van der Waals surface area contributed by atoms with Gasteiger partial charge in [0.25, 0.3) is 11.8 Å². The molecule has 1 heterocycles. The first-order valence-electron chi connectivity index (χ1n) is 10.4. The minimum absolute atomic E-state index is 0.289. The second-order valence-electron chi connectivity index (χ2n) is 7.19. The van der Waals surface area contributed by atoms with Crippen molar-refractivity contribution in [1.82, 2.24) is 20.4 Å². The van der Waals surface area contributed by atoms with E-state index in [1.807, 2.05) is 6.92 Å². The predicted molar refractivity (Wildman–Crippen MR) is 117 cm³/mol. The molecule has 8 nitrogen and oxygen atoms in total. The topological polar surface area (TPSA) is 105 Å². The summed E-state index contributed by atoms with van der Waals surface area (Å²) in [5.74, 6) is -0.978. The number of hydrogen-bond donors (Lipinski definition) is 3. The van der Waals surface area contributed by atoms with Gasteiger partial charge in [-0.2, -0.15) is 18.3 Å². The molecular formula is C23H23F3N4O4. The highest BCUT2D eigenvalue weighted by Crippen LogP contribution is 2.31. The van der Waals surface area contributed by atoms with Gasteiger partial charge in [0.2, 0.25) is 0 Å². The van der Waals surface area contributed by atoms with Gasteiger partial charge in [-0.1, -0.05) is 18.2 Å². The highest BCUT2D eigenvalue weighted by atomic mass is 19.4. The summed E-state index contributed by atoms with van der Waals surface area (Å²) in [5.41, 5.74) is -1.38. The lowest BCUT2D eigenvalue weighted by Gasteiger charge is -2.17. The number of aromatic nitrogens is 2. The number of alkyl halides is 3. The number of amides is 2. The molecule has 11 heteroatoms. The van der Waals surface area contributed by atoms with Crippen molar-refractivity contribution in [2.75, 3.05) is 19.8 Å². The maximum atomic E-state index is 13.5. The summed E-state index contributed by atoms with van der Waals surface area (Å²) in [6.07, 6.45) is -3.87. The normalized spacial score (nSPS) is 12.1. The van der Waals surface area contributed by atoms with Gasteiger partial charge in [0.15, 0.2) is 5.69 Å². The number of nitrogens with zero attached hydrogens (tertiary/aromatic N) is 2. The fraction of sp³-hybridized carbons (Fsp3) is 0.261. The maximum Gasteiger partial charge on any atom is 0.435 e. The predicted octanol–water partition coefficient (Wildman–Crippen LogP) is 2.81. The molecule has 180 valence electrons. The molecule has 2 amide bonds. The number of aliphatic hydroxyl groups excluding tert-OH is 1. The van der Waals surface area contributed by atoms with Gasteiger partial charge < -0.3 is 20.5 Å². The molecule has 0 fully saturated rings. The van der Waals surface area contributed by atoms with E-state index in [9.17, 15) is 27.9 Å². The van der Waals surface area contributed by atoms with E-state index in [-0.39, 0.29) is 12.1 Å². The standard InChI is InChI=1S/C23H23F3N4O4/c1-2-34-18-10-8-15(9-11-18)21(32)28-16(14-31)12-27-22(33)19-13-30(17-6-4-3-5-7-17)29-20(19)23(24,25)26/h3-11,13,16,31H,2,12,14H2,1H3,(H,27,33)(H,28,32)/t16-/m1/s1. The Hall–Kier alpha value is -3.86. The summed E-state index contributed by atoms with van der Waals surface area (Å²) in [6.45, 7) is 1.45. The monoisotopic (exact) mass is 476 g/mol. The Kier molecular flexibility index (Phi) is 7.90. The number of para-hydroxylation sites is 1. The SMILES string of the molecule is CCOc1ccc(C(=O)N[C@@H](CO)CNC(=O)c2cn(-c3ccccc3)nc2C(F)(F)F)cc1. The molecule has 34 heavy (non-hydrogen) atoms. The molecule has 3 aromatic rings. The second-order valence-corrected chi connectivity index (χ2v) is 7.19. The minimum Gasteiger partial charge on any atom is -0.494 e. The van der Waals surface area contributed by atoms with E-state index in [1.54, 1.807) is 42.5 Å². The third-order valence-electron chi connectivity index (χ3n) is 4.74. The van der Waals surface area contributed by atoms with E-state index in [0.29, 0.717) is 18.0 Å². The molecule has 2 aromatic carbocycles. The van der Waals surface area contributed by atoms with Gasteiger partial charge in [-0.3, -0.25) is 9.59 Å². The number of carbonyl (C=O) groups is 2. The molecule has 0 spiro atoms. The first-order chi connectivity index (χ1) is 16.2. The number of rotatable bonds is 9. The minimum atomic E-state index is -4.86. The van der Waals surface area contributed by atoms with Crippen LogP contribution in [-0.2, 0) is 6.18 Å². The molecular weight excluding hydrogens is 453 g/mol. The van der Waals surface area contributed by atoms with Crippen LogP contribution in [0.3, 0.4) is 0 Å². The molecule has 0 saturated heterocycles. The third kappa shape index (κ3) is 6.13. The van der Waals surface area contributed by atoms with Gasteiger partial charge in [0.1, 0.15) is 5.75 Å². The van der Waals surface area contributed by atoms with Crippen molar-refractivity contribution in [3.8, 4) is 11.4 Å². The van der Waals surface area contributed by atoms with Crippen LogP contribution in [-0.4, -0.2) is 52.5 Å². The van der Waals surface area contributed by atoms with E-state index >= 15 is 0 Å². The average Bonchev–Trinajstić information content (AvgIpc) is 3.29. The van der Waals surface area contributed by atoms with Crippen LogP contribution in [0, 0.1) is 0 Å². The third-order valence-corrected chi connectivity index (χ3v) is 4.74. The summed E-state index contributed by atoms with van der Waals surface area (Å²) in [6, 6.07) is 13.4. The molecule has 1 aromatic heterocycles. The fourth-order valence-corrected chi connectivity index (χ4v) is 3.07. The van der Waals surface area contributed by atoms with Crippen LogP contribution in [0.1, 0.15) is 33.3 Å². The molecule has 0 aliphatic carbocycles. The first-order valence-corrected chi connectivity index (χ1v) is 10.4. The van der Waals surface area contributed by atoms with Gasteiger partial charge in [-0.15, -0.1) is 0 Å². The molecule has 0 bridgehead atoms. The zero-order chi connectivity index (χ0) is 24.7. The van der Waals surface area contributed by atoms with Crippen LogP contribution in [0.15, 0.2) is 60.8 Å². The molecule has 1 atom stereocenters. The number of benzene rings is 2. The number of carbonyl (C=O) groups excluding carboxylic acids is 2. The molecule has 0 aliphatic heterocycles. The quantitative estimate of drug-likeness (QED) is 0.441. The maximum absolute atomic E-state index is 13.5. The van der Waals surface area contributed by atoms with E-state index in [4.69, 9.17) is 4.74 Å². The van der Waals surface area contributed by atoms with Gasteiger partial charge in [0.05, 0.1) is 30.5 Å². The lowest BCUT2D eigenvalue weighted by Crippen LogP contribution is -2.46. The van der Waals surface area contributed by atoms with E-state index in [2.05, 4.69) is 15.7 Å². The second kappa shape index (κ2) is 10.8. The average molecular weight is 476 g/mol. The Labute approximate surface area is 193 Å². The zero-order valence-corrected chi connectivity index (χ0v) is 18.2. The van der Waals surface area contributed by atoms with Gasteiger partial charge in [0, 0.05) is 18.3 Å².